The van der Waals surface area contributed by atoms with Crippen LogP contribution in [0.4, 0.5) is 0 Å². The highest BCUT2D eigenvalue weighted by Crippen LogP contribution is 2.43. The monoisotopic (exact) mass is 476 g/mol. The fraction of sp³-hybridized carbons (Fsp3) is 0.458. The van der Waals surface area contributed by atoms with Gasteiger partial charge < -0.3 is 19.5 Å². The molecule has 3 rings (SSSR count). The van der Waals surface area contributed by atoms with Gasteiger partial charge in [-0.15, -0.1) is 0 Å². The Morgan fingerprint density at radius 3 is 2.36 bits per heavy atom. The summed E-state index contributed by atoms with van der Waals surface area (Å²) in [6, 6.07) is 11.7. The Morgan fingerprint density at radius 1 is 1.03 bits per heavy atom. The fourth-order valence-corrected chi connectivity index (χ4v) is 5.66. The van der Waals surface area contributed by atoms with Crippen LogP contribution in [0.25, 0.3) is 0 Å². The zero-order valence-corrected chi connectivity index (χ0v) is 20.4. The minimum atomic E-state index is -3.81. The molecule has 0 bridgehead atoms. The molecule has 0 saturated carbocycles. The smallest absolute Gasteiger partial charge is 0.243 e. The normalized spacial score (nSPS) is 18.7. The van der Waals surface area contributed by atoms with Crippen LogP contribution in [0.3, 0.4) is 0 Å². The van der Waals surface area contributed by atoms with Crippen molar-refractivity contribution >= 4 is 15.9 Å². The molecule has 0 spiro atoms. The number of hydrogen-bond acceptors (Lipinski definition) is 6. The van der Waals surface area contributed by atoms with E-state index in [0.29, 0.717) is 23.8 Å². The predicted molar refractivity (Wildman–Crippen MR) is 125 cm³/mol. The van der Waals surface area contributed by atoms with Crippen molar-refractivity contribution in [3.05, 3.63) is 48.0 Å². The Morgan fingerprint density at radius 2 is 1.76 bits per heavy atom. The number of para-hydroxylation sites is 1. The van der Waals surface area contributed by atoms with Crippen LogP contribution in [-0.2, 0) is 14.8 Å². The van der Waals surface area contributed by atoms with Gasteiger partial charge in [0.15, 0.2) is 11.5 Å². The number of rotatable bonds is 10. The Hall–Kier alpha value is -2.78. The summed E-state index contributed by atoms with van der Waals surface area (Å²) >= 11 is 0. The van der Waals surface area contributed by atoms with Crippen molar-refractivity contribution in [3.63, 3.8) is 0 Å². The average molecular weight is 477 g/mol. The van der Waals surface area contributed by atoms with Crippen LogP contribution in [0.1, 0.15) is 31.2 Å². The molecular weight excluding hydrogens is 444 g/mol. The van der Waals surface area contributed by atoms with Gasteiger partial charge in [-0.05, 0) is 36.8 Å². The summed E-state index contributed by atoms with van der Waals surface area (Å²) in [4.78, 5) is 13.3. The summed E-state index contributed by atoms with van der Waals surface area (Å²) in [6.07, 6.45) is 1.82. The highest BCUT2D eigenvalue weighted by atomic mass is 32.2. The van der Waals surface area contributed by atoms with Crippen LogP contribution in [0.15, 0.2) is 47.4 Å². The van der Waals surface area contributed by atoms with Gasteiger partial charge in [0.2, 0.25) is 15.9 Å². The molecule has 2 atom stereocenters. The van der Waals surface area contributed by atoms with Gasteiger partial charge in [0.25, 0.3) is 0 Å². The highest BCUT2D eigenvalue weighted by Gasteiger charge is 2.44. The minimum absolute atomic E-state index is 0.0807. The first-order valence-electron chi connectivity index (χ1n) is 11.0. The number of benzene rings is 2. The van der Waals surface area contributed by atoms with Crippen molar-refractivity contribution in [1.82, 2.24) is 9.62 Å². The van der Waals surface area contributed by atoms with Gasteiger partial charge in [0.05, 0.1) is 32.1 Å². The van der Waals surface area contributed by atoms with Crippen molar-refractivity contribution in [2.24, 2.45) is 5.92 Å². The number of unbranched alkanes of at least 4 members (excludes halogenated alkanes) is 1. The maximum Gasteiger partial charge on any atom is 0.243 e. The van der Waals surface area contributed by atoms with E-state index in [1.165, 1.54) is 23.5 Å². The third-order valence-electron chi connectivity index (χ3n) is 5.98. The topological polar surface area (TPSA) is 94.2 Å². The van der Waals surface area contributed by atoms with E-state index in [0.717, 1.165) is 18.4 Å². The number of nitrogens with one attached hydrogen (secondary N) is 1. The number of methoxy groups -OCH3 is 3. The van der Waals surface area contributed by atoms with Gasteiger partial charge in [-0.3, -0.25) is 4.79 Å². The second kappa shape index (κ2) is 10.9. The van der Waals surface area contributed by atoms with Gasteiger partial charge in [0.1, 0.15) is 5.75 Å². The second-order valence-electron chi connectivity index (χ2n) is 7.94. The molecule has 0 aliphatic carbocycles. The Bertz CT molecular complexity index is 1060. The molecule has 2 aromatic carbocycles. The molecule has 1 N–H and O–H groups in total. The molecule has 1 aliphatic heterocycles. The lowest BCUT2D eigenvalue weighted by Crippen LogP contribution is -2.36. The number of amides is 1. The molecule has 1 fully saturated rings. The van der Waals surface area contributed by atoms with E-state index in [4.69, 9.17) is 14.2 Å². The maximum absolute atomic E-state index is 13.4. The van der Waals surface area contributed by atoms with Gasteiger partial charge in [0, 0.05) is 31.1 Å². The standard InChI is InChI=1S/C24H32N2O6S/c1-5-6-14-25-24(27)21-16-26(33(28,29)18-12-10-17(30-2)11-13-18)15-20(21)19-8-7-9-22(31-3)23(19)32-4/h7-13,20-21H,5-6,14-16H2,1-4H3,(H,25,27)/t20-,21-/m0/s1. The van der Waals surface area contributed by atoms with Gasteiger partial charge in [-0.2, -0.15) is 4.31 Å². The molecule has 9 heteroatoms. The fourth-order valence-electron chi connectivity index (χ4n) is 4.16. The van der Waals surface area contributed by atoms with Crippen molar-refractivity contribution < 1.29 is 27.4 Å². The SMILES string of the molecule is CCCCNC(=O)[C@H]1CN(S(=O)(=O)c2ccc(OC)cc2)C[C@H]1c1cccc(OC)c1OC. The van der Waals surface area contributed by atoms with E-state index < -0.39 is 15.9 Å². The largest absolute Gasteiger partial charge is 0.497 e. The zero-order chi connectivity index (χ0) is 24.0. The molecule has 1 aliphatic rings. The Labute approximate surface area is 195 Å². The molecule has 2 aromatic rings. The summed E-state index contributed by atoms with van der Waals surface area (Å²) < 4.78 is 44.4. The Balaban J connectivity index is 1.97. The third-order valence-corrected chi connectivity index (χ3v) is 7.83. The molecule has 180 valence electrons. The van der Waals surface area contributed by atoms with Crippen molar-refractivity contribution in [3.8, 4) is 17.2 Å². The summed E-state index contributed by atoms with van der Waals surface area (Å²) in [5, 5.41) is 2.97. The molecule has 1 heterocycles. The quantitative estimate of drug-likeness (QED) is 0.530. The summed E-state index contributed by atoms with van der Waals surface area (Å²) in [7, 11) is 0.807. The molecule has 1 amide bonds. The summed E-state index contributed by atoms with van der Waals surface area (Å²) in [5.41, 5.74) is 0.750. The van der Waals surface area contributed by atoms with Gasteiger partial charge in [-0.1, -0.05) is 25.5 Å². The molecule has 1 saturated heterocycles. The van der Waals surface area contributed by atoms with Crippen LogP contribution in [-0.4, -0.2) is 59.6 Å². The first-order chi connectivity index (χ1) is 15.9. The number of hydrogen-bond donors (Lipinski definition) is 1. The number of carbonyl (C=O) groups is 1. The third kappa shape index (κ3) is 5.25. The lowest BCUT2D eigenvalue weighted by atomic mass is 9.87. The van der Waals surface area contributed by atoms with E-state index in [2.05, 4.69) is 12.2 Å². The van der Waals surface area contributed by atoms with Crippen molar-refractivity contribution in [2.45, 2.75) is 30.6 Å². The highest BCUT2D eigenvalue weighted by molar-refractivity contribution is 7.89. The van der Waals surface area contributed by atoms with E-state index in [9.17, 15) is 13.2 Å². The maximum atomic E-state index is 13.4. The number of nitrogens with zero attached hydrogens (tertiary/aromatic N) is 1. The first-order valence-corrected chi connectivity index (χ1v) is 12.4. The number of sulfonamides is 1. The molecule has 0 radical (unpaired) electrons. The van der Waals surface area contributed by atoms with Gasteiger partial charge >= 0.3 is 0 Å². The second-order valence-corrected chi connectivity index (χ2v) is 9.88. The Kier molecular flexibility index (Phi) is 8.20. The zero-order valence-electron chi connectivity index (χ0n) is 19.5. The van der Waals surface area contributed by atoms with E-state index in [-0.39, 0.29) is 29.8 Å². The van der Waals surface area contributed by atoms with E-state index in [1.54, 1.807) is 32.4 Å². The van der Waals surface area contributed by atoms with Crippen molar-refractivity contribution in [1.29, 1.82) is 0 Å². The average Bonchev–Trinajstić information content (AvgIpc) is 3.30. The van der Waals surface area contributed by atoms with Crippen LogP contribution in [0.2, 0.25) is 0 Å². The minimum Gasteiger partial charge on any atom is -0.497 e. The lowest BCUT2D eigenvalue weighted by Gasteiger charge is -2.21. The molecular formula is C24H32N2O6S. The molecule has 8 nitrogen and oxygen atoms in total. The summed E-state index contributed by atoms with van der Waals surface area (Å²) in [6.45, 7) is 2.84. The first kappa shape index (κ1) is 24.9. The predicted octanol–water partition coefficient (Wildman–Crippen LogP) is 3.03. The van der Waals surface area contributed by atoms with Gasteiger partial charge in [-0.25, -0.2) is 8.42 Å². The van der Waals surface area contributed by atoms with Crippen LogP contribution >= 0.6 is 0 Å². The van der Waals surface area contributed by atoms with E-state index in [1.807, 2.05) is 12.1 Å². The molecule has 33 heavy (non-hydrogen) atoms. The van der Waals surface area contributed by atoms with Crippen LogP contribution in [0, 0.1) is 5.92 Å². The van der Waals surface area contributed by atoms with Crippen molar-refractivity contribution in [2.75, 3.05) is 41.0 Å². The lowest BCUT2D eigenvalue weighted by molar-refractivity contribution is -0.124. The summed E-state index contributed by atoms with van der Waals surface area (Å²) in [5.74, 6) is 0.519. The number of ether oxygens (including phenoxy) is 3. The number of carbonyl (C=O) groups excluding carboxylic acids is 1. The molecule has 0 aromatic heterocycles. The van der Waals surface area contributed by atoms with Crippen LogP contribution < -0.4 is 19.5 Å². The molecule has 0 unspecified atom stereocenters. The van der Waals surface area contributed by atoms with Crippen LogP contribution in [0.5, 0.6) is 17.2 Å². The van der Waals surface area contributed by atoms with E-state index >= 15 is 0 Å².